The number of rotatable bonds is 13. The molecule has 48 heavy (non-hydrogen) atoms. The van der Waals surface area contributed by atoms with Crippen molar-refractivity contribution in [2.45, 2.75) is 25.0 Å². The summed E-state index contributed by atoms with van der Waals surface area (Å²) >= 11 is 0. The van der Waals surface area contributed by atoms with E-state index in [2.05, 4.69) is 22.8 Å². The van der Waals surface area contributed by atoms with Crippen LogP contribution in [0.1, 0.15) is 28.2 Å². The highest BCUT2D eigenvalue weighted by Crippen LogP contribution is 2.44. The van der Waals surface area contributed by atoms with Crippen molar-refractivity contribution in [1.29, 1.82) is 0 Å². The molecule has 0 heterocycles. The molecule has 0 spiro atoms. The summed E-state index contributed by atoms with van der Waals surface area (Å²) in [6.45, 7) is 0.0576. The monoisotopic (exact) mass is 642 g/mol. The standard InChI is InChI=1S/C39H34N2O7/c42-37(43)25-47-30-20-16-28(17-21-30)40-38(44)36(22-26-14-18-29(19-15-26)46-23-27-8-2-1-3-9-27)41-39(45)48-24-35-33-12-6-4-10-31(33)32-11-5-7-13-34(32)35/h1-21,35-36H,22-25H2,(H,40,44)(H,41,45)(H,42,43)/t36-/m0/s1. The Bertz CT molecular complexity index is 1830. The maximum absolute atomic E-state index is 13.6. The van der Waals surface area contributed by atoms with Crippen LogP contribution in [0.25, 0.3) is 11.1 Å². The highest BCUT2D eigenvalue weighted by atomic mass is 16.5. The van der Waals surface area contributed by atoms with Crippen LogP contribution in [0.5, 0.6) is 11.5 Å². The molecule has 0 saturated heterocycles. The van der Waals surface area contributed by atoms with Crippen molar-refractivity contribution in [2.75, 3.05) is 18.5 Å². The van der Waals surface area contributed by atoms with Crippen LogP contribution in [0, 0.1) is 0 Å². The lowest BCUT2D eigenvalue weighted by molar-refractivity contribution is -0.139. The van der Waals surface area contributed by atoms with Crippen LogP contribution in [-0.4, -0.2) is 42.3 Å². The first-order chi connectivity index (χ1) is 23.4. The van der Waals surface area contributed by atoms with Crippen LogP contribution in [0.2, 0.25) is 0 Å². The Morgan fingerprint density at radius 1 is 0.667 bits per heavy atom. The lowest BCUT2D eigenvalue weighted by Gasteiger charge is -2.20. The molecular formula is C39H34N2O7. The molecule has 0 fully saturated rings. The van der Waals surface area contributed by atoms with Crippen molar-refractivity contribution in [3.8, 4) is 22.6 Å². The average molecular weight is 643 g/mol. The summed E-state index contributed by atoms with van der Waals surface area (Å²) in [6, 6.07) is 38.7. The number of amides is 2. The second-order valence-corrected chi connectivity index (χ2v) is 11.3. The molecule has 0 aromatic heterocycles. The van der Waals surface area contributed by atoms with E-state index in [1.54, 1.807) is 24.3 Å². The number of carboxylic acids is 1. The molecule has 2 amide bonds. The normalized spacial score (nSPS) is 12.2. The molecule has 1 atom stereocenters. The van der Waals surface area contributed by atoms with Crippen LogP contribution in [0.15, 0.2) is 127 Å². The number of fused-ring (bicyclic) bond motifs is 3. The van der Waals surface area contributed by atoms with E-state index in [1.165, 1.54) is 0 Å². The second kappa shape index (κ2) is 15.0. The van der Waals surface area contributed by atoms with Gasteiger partial charge in [-0.25, -0.2) is 9.59 Å². The smallest absolute Gasteiger partial charge is 0.407 e. The number of nitrogens with one attached hydrogen (secondary N) is 2. The Labute approximate surface area is 278 Å². The van der Waals surface area contributed by atoms with Gasteiger partial charge in [0.25, 0.3) is 0 Å². The second-order valence-electron chi connectivity index (χ2n) is 11.3. The SMILES string of the molecule is O=C(O)COc1ccc(NC(=O)[C@H](Cc2ccc(OCc3ccccc3)cc2)NC(=O)OCC2c3ccccc3-c3ccccc32)cc1. The Morgan fingerprint density at radius 3 is 1.90 bits per heavy atom. The van der Waals surface area contributed by atoms with Crippen LogP contribution >= 0.6 is 0 Å². The summed E-state index contributed by atoms with van der Waals surface area (Å²) in [4.78, 5) is 37.6. The fourth-order valence-electron chi connectivity index (χ4n) is 5.70. The molecule has 0 radical (unpaired) electrons. The van der Waals surface area contributed by atoms with E-state index in [0.717, 1.165) is 33.4 Å². The van der Waals surface area contributed by atoms with Gasteiger partial charge >= 0.3 is 12.1 Å². The van der Waals surface area contributed by atoms with Crippen LogP contribution < -0.4 is 20.1 Å². The van der Waals surface area contributed by atoms with Gasteiger partial charge in [-0.2, -0.15) is 0 Å². The summed E-state index contributed by atoms with van der Waals surface area (Å²) < 4.78 is 16.8. The number of ether oxygens (including phenoxy) is 3. The number of carboxylic acid groups (broad SMARTS) is 1. The van der Waals surface area contributed by atoms with E-state index in [1.807, 2.05) is 91.0 Å². The Balaban J connectivity index is 1.13. The Morgan fingerprint density at radius 2 is 1.25 bits per heavy atom. The van der Waals surface area contributed by atoms with Gasteiger partial charge in [0.15, 0.2) is 6.61 Å². The van der Waals surface area contributed by atoms with Gasteiger partial charge < -0.3 is 30.0 Å². The minimum Gasteiger partial charge on any atom is -0.489 e. The largest absolute Gasteiger partial charge is 0.489 e. The number of alkyl carbamates (subject to hydrolysis) is 1. The first kappa shape index (κ1) is 31.9. The summed E-state index contributed by atoms with van der Waals surface area (Å²) in [5, 5.41) is 14.4. The first-order valence-electron chi connectivity index (χ1n) is 15.6. The quantitative estimate of drug-likeness (QED) is 0.129. The van der Waals surface area contributed by atoms with Crippen LogP contribution in [-0.2, 0) is 27.4 Å². The molecule has 3 N–H and O–H groups in total. The van der Waals surface area contributed by atoms with Crippen molar-refractivity contribution < 1.29 is 33.7 Å². The third-order valence-electron chi connectivity index (χ3n) is 8.05. The average Bonchev–Trinajstić information content (AvgIpc) is 3.43. The lowest BCUT2D eigenvalue weighted by atomic mass is 9.98. The third-order valence-corrected chi connectivity index (χ3v) is 8.05. The zero-order chi connectivity index (χ0) is 33.3. The molecule has 0 saturated carbocycles. The van der Waals surface area contributed by atoms with Crippen molar-refractivity contribution in [1.82, 2.24) is 5.32 Å². The molecule has 5 aromatic carbocycles. The van der Waals surface area contributed by atoms with Crippen molar-refractivity contribution >= 4 is 23.7 Å². The highest BCUT2D eigenvalue weighted by molar-refractivity contribution is 5.96. The van der Waals surface area contributed by atoms with E-state index in [0.29, 0.717) is 23.8 Å². The topological polar surface area (TPSA) is 123 Å². The number of hydrogen-bond acceptors (Lipinski definition) is 6. The number of hydrogen-bond donors (Lipinski definition) is 3. The fourth-order valence-corrected chi connectivity index (χ4v) is 5.70. The predicted octanol–water partition coefficient (Wildman–Crippen LogP) is 6.82. The maximum atomic E-state index is 13.6. The molecular weight excluding hydrogens is 608 g/mol. The summed E-state index contributed by atoms with van der Waals surface area (Å²) in [5.74, 6) is -0.644. The van der Waals surface area contributed by atoms with E-state index >= 15 is 0 Å². The summed E-state index contributed by atoms with van der Waals surface area (Å²) in [6.07, 6.45) is -0.522. The number of benzene rings is 5. The molecule has 9 heteroatoms. The van der Waals surface area contributed by atoms with Gasteiger partial charge in [0.05, 0.1) is 0 Å². The molecule has 5 aromatic rings. The number of carbonyl (C=O) groups excluding carboxylic acids is 2. The number of carbonyl (C=O) groups is 3. The molecule has 0 unspecified atom stereocenters. The number of aliphatic carboxylic acids is 1. The van der Waals surface area contributed by atoms with E-state index in [-0.39, 0.29) is 18.9 Å². The van der Waals surface area contributed by atoms with Gasteiger partial charge in [-0.1, -0.05) is 91.0 Å². The fraction of sp³-hybridized carbons (Fsp3) is 0.154. The highest BCUT2D eigenvalue weighted by Gasteiger charge is 2.30. The first-order valence-corrected chi connectivity index (χ1v) is 15.6. The minimum atomic E-state index is -1.09. The van der Waals surface area contributed by atoms with Crippen molar-refractivity contribution in [3.05, 3.63) is 150 Å². The molecule has 242 valence electrons. The Hall–Kier alpha value is -6.09. The van der Waals surface area contributed by atoms with Gasteiger partial charge in [-0.05, 0) is 69.8 Å². The molecule has 1 aliphatic carbocycles. The minimum absolute atomic E-state index is 0.111. The summed E-state index contributed by atoms with van der Waals surface area (Å²) in [5.41, 5.74) is 6.72. The van der Waals surface area contributed by atoms with Crippen LogP contribution in [0.3, 0.4) is 0 Å². The lowest BCUT2D eigenvalue weighted by Crippen LogP contribution is -2.45. The van der Waals surface area contributed by atoms with E-state index in [4.69, 9.17) is 19.3 Å². The Kier molecular flexibility index (Phi) is 9.96. The zero-order valence-corrected chi connectivity index (χ0v) is 26.0. The molecule has 6 rings (SSSR count). The van der Waals surface area contributed by atoms with Gasteiger partial charge in [-0.3, -0.25) is 4.79 Å². The predicted molar refractivity (Wildman–Crippen MR) is 181 cm³/mol. The van der Waals surface area contributed by atoms with Gasteiger partial charge in [0, 0.05) is 18.0 Å². The summed E-state index contributed by atoms with van der Waals surface area (Å²) in [7, 11) is 0. The molecule has 0 bridgehead atoms. The molecule has 0 aliphatic heterocycles. The van der Waals surface area contributed by atoms with Crippen LogP contribution in [0.4, 0.5) is 10.5 Å². The van der Waals surface area contributed by atoms with E-state index < -0.39 is 30.6 Å². The van der Waals surface area contributed by atoms with Crippen molar-refractivity contribution in [2.24, 2.45) is 0 Å². The molecule has 9 nitrogen and oxygen atoms in total. The van der Waals surface area contributed by atoms with Gasteiger partial charge in [0.1, 0.15) is 30.8 Å². The zero-order valence-electron chi connectivity index (χ0n) is 26.0. The molecule has 1 aliphatic rings. The number of anilines is 1. The third kappa shape index (κ3) is 8.00. The van der Waals surface area contributed by atoms with Gasteiger partial charge in [-0.15, -0.1) is 0 Å². The maximum Gasteiger partial charge on any atom is 0.407 e. The van der Waals surface area contributed by atoms with E-state index in [9.17, 15) is 14.4 Å². The van der Waals surface area contributed by atoms with Crippen molar-refractivity contribution in [3.63, 3.8) is 0 Å². The van der Waals surface area contributed by atoms with Gasteiger partial charge in [0.2, 0.25) is 5.91 Å².